The van der Waals surface area contributed by atoms with Crippen LogP contribution in [0.2, 0.25) is 0 Å². The van der Waals surface area contributed by atoms with Crippen molar-refractivity contribution in [1.29, 1.82) is 0 Å². The molecule has 31 heavy (non-hydrogen) atoms. The van der Waals surface area contributed by atoms with E-state index < -0.39 is 0 Å². The van der Waals surface area contributed by atoms with E-state index in [9.17, 15) is 9.18 Å². The molecule has 2 aromatic carbocycles. The predicted octanol–water partition coefficient (Wildman–Crippen LogP) is 3.95. The summed E-state index contributed by atoms with van der Waals surface area (Å²) in [5.41, 5.74) is 5.20. The Balaban J connectivity index is 1.63. The minimum absolute atomic E-state index is 0.0930. The lowest BCUT2D eigenvalue weighted by Crippen LogP contribution is -2.25. The van der Waals surface area contributed by atoms with Crippen LogP contribution in [0.1, 0.15) is 34.7 Å². The molecule has 2 aromatic heterocycles. The van der Waals surface area contributed by atoms with Gasteiger partial charge in [0, 0.05) is 23.5 Å². The first-order valence-corrected chi connectivity index (χ1v) is 9.92. The van der Waals surface area contributed by atoms with E-state index in [1.54, 1.807) is 12.1 Å². The molecule has 0 bridgehead atoms. The number of aryl methyl sites for hydroxylation is 2. The minimum Gasteiger partial charge on any atom is -0.310 e. The molecule has 0 saturated carbocycles. The molecule has 4 aromatic rings. The molecule has 0 saturated heterocycles. The first-order chi connectivity index (χ1) is 15.0. The monoisotopic (exact) mass is 414 g/mol. The van der Waals surface area contributed by atoms with Crippen molar-refractivity contribution in [3.8, 4) is 17.2 Å². The van der Waals surface area contributed by atoms with Crippen LogP contribution < -0.4 is 5.32 Å². The summed E-state index contributed by atoms with van der Waals surface area (Å²) >= 11 is 0. The van der Waals surface area contributed by atoms with Gasteiger partial charge in [0.2, 0.25) is 5.91 Å². The quantitative estimate of drug-likeness (QED) is 0.549. The largest absolute Gasteiger partial charge is 0.310 e. The van der Waals surface area contributed by atoms with Gasteiger partial charge >= 0.3 is 0 Å². The molecule has 0 aliphatic carbocycles. The number of hydrogen-bond donors (Lipinski definition) is 1. The number of hydrogen-bond acceptors (Lipinski definition) is 5. The highest BCUT2D eigenvalue weighted by atomic mass is 19.1. The minimum atomic E-state index is -0.326. The normalized spacial score (nSPS) is 15.5. The second kappa shape index (κ2) is 7.39. The Kier molecular flexibility index (Phi) is 4.54. The lowest BCUT2D eigenvalue weighted by atomic mass is 9.84. The number of nitrogens with one attached hydrogen (secondary N) is 1. The number of halogens is 1. The van der Waals surface area contributed by atoms with Crippen LogP contribution >= 0.6 is 0 Å². The zero-order chi connectivity index (χ0) is 21.5. The molecule has 3 heterocycles. The number of amides is 1. The highest BCUT2D eigenvalue weighted by molar-refractivity contribution is 5.95. The Morgan fingerprint density at radius 1 is 1.10 bits per heavy atom. The van der Waals surface area contributed by atoms with Gasteiger partial charge in [-0.15, -0.1) is 5.10 Å². The summed E-state index contributed by atoms with van der Waals surface area (Å²) in [6.45, 7) is 3.95. The molecule has 1 atom stereocenters. The summed E-state index contributed by atoms with van der Waals surface area (Å²) in [6, 6.07) is 14.0. The van der Waals surface area contributed by atoms with Crippen LogP contribution in [0.25, 0.3) is 17.2 Å². The van der Waals surface area contributed by atoms with E-state index in [1.165, 1.54) is 23.0 Å². The second-order valence-electron chi connectivity index (χ2n) is 7.57. The van der Waals surface area contributed by atoms with Gasteiger partial charge in [-0.05, 0) is 49.2 Å². The molecule has 7 nitrogen and oxygen atoms in total. The van der Waals surface area contributed by atoms with E-state index in [-0.39, 0.29) is 23.6 Å². The molecule has 1 amide bonds. The average Bonchev–Trinajstić information content (AvgIpc) is 3.10. The zero-order valence-electron chi connectivity index (χ0n) is 17.0. The molecule has 8 heteroatoms. The van der Waals surface area contributed by atoms with Crippen molar-refractivity contribution < 1.29 is 9.18 Å². The van der Waals surface area contributed by atoms with E-state index in [0.717, 1.165) is 22.4 Å². The Morgan fingerprint density at radius 3 is 2.65 bits per heavy atom. The Hall–Kier alpha value is -3.94. The van der Waals surface area contributed by atoms with Gasteiger partial charge in [-0.25, -0.2) is 9.37 Å². The standard InChI is InChI=1S/C23H19FN6O/c1-13-5-3-4-6-17(13)18-11-20(31)27-22-21(18)14(2)29-30(22)23-26-19(12-25-28-23)15-7-9-16(24)10-8-15/h3-10,12,18H,11H2,1-2H3,(H,27,31). The predicted molar refractivity (Wildman–Crippen MR) is 113 cm³/mol. The van der Waals surface area contributed by atoms with Crippen LogP contribution in [0.4, 0.5) is 10.2 Å². The maximum atomic E-state index is 13.3. The maximum absolute atomic E-state index is 13.3. The number of carbonyl (C=O) groups excluding carboxylic acids is 1. The Labute approximate surface area is 178 Å². The molecule has 1 unspecified atom stereocenters. The van der Waals surface area contributed by atoms with Crippen molar-refractivity contribution in [2.24, 2.45) is 0 Å². The molecular formula is C23H19FN6O. The fourth-order valence-corrected chi connectivity index (χ4v) is 4.08. The summed E-state index contributed by atoms with van der Waals surface area (Å²) in [4.78, 5) is 17.1. The highest BCUT2D eigenvalue weighted by Gasteiger charge is 2.33. The topological polar surface area (TPSA) is 85.6 Å². The third kappa shape index (κ3) is 3.35. The summed E-state index contributed by atoms with van der Waals surface area (Å²) < 4.78 is 14.8. The van der Waals surface area contributed by atoms with Crippen molar-refractivity contribution in [3.05, 3.63) is 82.9 Å². The molecule has 0 fully saturated rings. The first kappa shape index (κ1) is 19.0. The van der Waals surface area contributed by atoms with E-state index >= 15 is 0 Å². The second-order valence-corrected chi connectivity index (χ2v) is 7.57. The number of anilines is 1. The SMILES string of the molecule is Cc1ccccc1C1CC(=O)Nc2c1c(C)nn2-c1nncc(-c2ccc(F)cc2)n1. The van der Waals surface area contributed by atoms with Crippen LogP contribution in [0.15, 0.2) is 54.7 Å². The van der Waals surface area contributed by atoms with Crippen LogP contribution in [-0.2, 0) is 4.79 Å². The zero-order valence-corrected chi connectivity index (χ0v) is 17.0. The van der Waals surface area contributed by atoms with Gasteiger partial charge in [0.1, 0.15) is 11.6 Å². The van der Waals surface area contributed by atoms with Crippen LogP contribution in [0.3, 0.4) is 0 Å². The lowest BCUT2D eigenvalue weighted by Gasteiger charge is -2.25. The molecule has 1 aliphatic rings. The maximum Gasteiger partial charge on any atom is 0.272 e. The molecule has 154 valence electrons. The number of carbonyl (C=O) groups is 1. The molecular weight excluding hydrogens is 395 g/mol. The highest BCUT2D eigenvalue weighted by Crippen LogP contribution is 2.40. The van der Waals surface area contributed by atoms with Crippen molar-refractivity contribution in [1.82, 2.24) is 25.0 Å². The van der Waals surface area contributed by atoms with Crippen LogP contribution in [0.5, 0.6) is 0 Å². The van der Waals surface area contributed by atoms with E-state index in [2.05, 4.69) is 25.6 Å². The van der Waals surface area contributed by atoms with Gasteiger partial charge in [0.05, 0.1) is 17.6 Å². The first-order valence-electron chi connectivity index (χ1n) is 9.92. The third-order valence-electron chi connectivity index (χ3n) is 5.54. The summed E-state index contributed by atoms with van der Waals surface area (Å²) in [5, 5.41) is 15.7. The average molecular weight is 414 g/mol. The van der Waals surface area contributed by atoms with Gasteiger partial charge < -0.3 is 5.32 Å². The smallest absolute Gasteiger partial charge is 0.272 e. The van der Waals surface area contributed by atoms with E-state index in [0.29, 0.717) is 23.5 Å². The molecule has 1 aliphatic heterocycles. The van der Waals surface area contributed by atoms with Crippen LogP contribution in [0, 0.1) is 19.7 Å². The number of nitrogens with zero attached hydrogens (tertiary/aromatic N) is 5. The van der Waals surface area contributed by atoms with Gasteiger partial charge in [0.15, 0.2) is 0 Å². The van der Waals surface area contributed by atoms with E-state index in [4.69, 9.17) is 0 Å². The van der Waals surface area contributed by atoms with Crippen LogP contribution in [-0.4, -0.2) is 30.9 Å². The van der Waals surface area contributed by atoms with Crippen molar-refractivity contribution >= 4 is 11.7 Å². The molecule has 5 rings (SSSR count). The number of aromatic nitrogens is 5. The Morgan fingerprint density at radius 2 is 1.87 bits per heavy atom. The summed E-state index contributed by atoms with van der Waals surface area (Å²) in [7, 11) is 0. The number of fused-ring (bicyclic) bond motifs is 1. The fourth-order valence-electron chi connectivity index (χ4n) is 4.08. The molecule has 0 radical (unpaired) electrons. The van der Waals surface area contributed by atoms with Crippen molar-refractivity contribution in [3.63, 3.8) is 0 Å². The van der Waals surface area contributed by atoms with Crippen molar-refractivity contribution in [2.75, 3.05) is 5.32 Å². The van der Waals surface area contributed by atoms with Gasteiger partial charge in [-0.2, -0.15) is 14.9 Å². The van der Waals surface area contributed by atoms with Gasteiger partial charge in [-0.3, -0.25) is 4.79 Å². The third-order valence-corrected chi connectivity index (χ3v) is 5.54. The molecule has 1 N–H and O–H groups in total. The Bertz CT molecular complexity index is 1300. The van der Waals surface area contributed by atoms with E-state index in [1.807, 2.05) is 38.1 Å². The lowest BCUT2D eigenvalue weighted by molar-refractivity contribution is -0.116. The number of benzene rings is 2. The summed E-state index contributed by atoms with van der Waals surface area (Å²) in [6.07, 6.45) is 1.85. The molecule has 0 spiro atoms. The fraction of sp³-hybridized carbons (Fsp3) is 0.174. The number of rotatable bonds is 3. The summed E-state index contributed by atoms with van der Waals surface area (Å²) in [5.74, 6) is 0.265. The van der Waals surface area contributed by atoms with Crippen molar-refractivity contribution in [2.45, 2.75) is 26.2 Å². The van der Waals surface area contributed by atoms with Gasteiger partial charge in [0.25, 0.3) is 5.95 Å². The van der Waals surface area contributed by atoms with Gasteiger partial charge in [-0.1, -0.05) is 24.3 Å².